The van der Waals surface area contributed by atoms with Gasteiger partial charge in [0.1, 0.15) is 0 Å². The fourth-order valence-corrected chi connectivity index (χ4v) is 4.21. The number of carbonyl (C=O) groups excluding carboxylic acids is 1. The second-order valence-electron chi connectivity index (χ2n) is 7.76. The zero-order valence-electron chi connectivity index (χ0n) is 16.7. The molecule has 1 unspecified atom stereocenters. The van der Waals surface area contributed by atoms with Gasteiger partial charge in [-0.25, -0.2) is 4.79 Å². The molecule has 1 aromatic rings. The Morgan fingerprint density at radius 3 is 2.64 bits per heavy atom. The lowest BCUT2D eigenvalue weighted by Crippen LogP contribution is -2.47. The van der Waals surface area contributed by atoms with Crippen LogP contribution in [-0.2, 0) is 9.53 Å². The van der Waals surface area contributed by atoms with Crippen LogP contribution in [-0.4, -0.2) is 69.6 Å². The Bertz CT molecular complexity index is 670. The summed E-state index contributed by atoms with van der Waals surface area (Å²) in [5, 5.41) is 3.44. The Hall–Kier alpha value is -1.99. The Morgan fingerprint density at radius 1 is 1.14 bits per heavy atom. The zero-order valence-corrected chi connectivity index (χ0v) is 16.7. The van der Waals surface area contributed by atoms with E-state index in [-0.39, 0.29) is 0 Å². The van der Waals surface area contributed by atoms with Crippen LogP contribution in [0.15, 0.2) is 18.2 Å². The van der Waals surface area contributed by atoms with Crippen molar-refractivity contribution in [1.29, 1.82) is 0 Å². The molecule has 0 aliphatic carbocycles. The number of benzene rings is 1. The largest absolute Gasteiger partial charge is 0.460 e. The number of carbonyl (C=O) groups is 1. The number of hydrogen-bond donors (Lipinski definition) is 1. The summed E-state index contributed by atoms with van der Waals surface area (Å²) in [6.45, 7) is 9.84. The van der Waals surface area contributed by atoms with E-state index in [2.05, 4.69) is 15.1 Å². The second kappa shape index (κ2) is 9.01. The molecule has 0 bridgehead atoms. The Kier molecular flexibility index (Phi) is 6.22. The molecule has 154 valence electrons. The molecular weight excluding hydrogens is 358 g/mol. The van der Waals surface area contributed by atoms with Gasteiger partial charge in [0.15, 0.2) is 11.5 Å². The van der Waals surface area contributed by atoms with Gasteiger partial charge in [0.25, 0.3) is 0 Å². The van der Waals surface area contributed by atoms with Gasteiger partial charge in [0.05, 0.1) is 6.61 Å². The molecule has 2 saturated heterocycles. The third kappa shape index (κ3) is 4.52. The summed E-state index contributed by atoms with van der Waals surface area (Å²) >= 11 is 0. The maximum absolute atomic E-state index is 11.8. The summed E-state index contributed by atoms with van der Waals surface area (Å²) in [4.78, 5) is 16.8. The molecule has 1 atom stereocenters. The number of anilines is 1. The molecule has 4 rings (SSSR count). The molecule has 3 aliphatic rings. The third-order valence-electron chi connectivity index (χ3n) is 5.92. The molecule has 7 nitrogen and oxygen atoms in total. The van der Waals surface area contributed by atoms with Gasteiger partial charge in [-0.1, -0.05) is 0 Å². The molecule has 0 aromatic heterocycles. The van der Waals surface area contributed by atoms with Crippen LogP contribution in [0.3, 0.4) is 0 Å². The minimum absolute atomic E-state index is 0.311. The van der Waals surface area contributed by atoms with E-state index in [1.807, 2.05) is 18.2 Å². The van der Waals surface area contributed by atoms with E-state index in [1.54, 1.807) is 6.92 Å². The van der Waals surface area contributed by atoms with Gasteiger partial charge in [-0.05, 0) is 63.9 Å². The topological polar surface area (TPSA) is 63.3 Å². The van der Waals surface area contributed by atoms with Crippen LogP contribution in [0.5, 0.6) is 11.5 Å². The van der Waals surface area contributed by atoms with Gasteiger partial charge < -0.3 is 24.4 Å². The Morgan fingerprint density at radius 2 is 1.89 bits per heavy atom. The summed E-state index contributed by atoms with van der Waals surface area (Å²) in [6, 6.07) is 5.90. The first-order chi connectivity index (χ1) is 13.7. The lowest BCUT2D eigenvalue weighted by molar-refractivity contribution is -0.161. The van der Waals surface area contributed by atoms with E-state index >= 15 is 0 Å². The van der Waals surface area contributed by atoms with Crippen LogP contribution >= 0.6 is 0 Å². The van der Waals surface area contributed by atoms with E-state index in [0.29, 0.717) is 18.1 Å². The molecular formula is C21H31N3O4. The minimum Gasteiger partial charge on any atom is -0.460 e. The molecule has 28 heavy (non-hydrogen) atoms. The molecule has 3 aliphatic heterocycles. The first kappa shape index (κ1) is 19.3. The quantitative estimate of drug-likeness (QED) is 0.745. The van der Waals surface area contributed by atoms with Crippen LogP contribution in [0.25, 0.3) is 0 Å². The highest BCUT2D eigenvalue weighted by Gasteiger charge is 2.32. The average Bonchev–Trinajstić information content (AvgIpc) is 3.17. The van der Waals surface area contributed by atoms with Crippen molar-refractivity contribution < 1.29 is 19.0 Å². The van der Waals surface area contributed by atoms with Crippen molar-refractivity contribution in [3.63, 3.8) is 0 Å². The predicted octanol–water partition coefficient (Wildman–Crippen LogP) is 1.86. The predicted molar refractivity (Wildman–Crippen MR) is 107 cm³/mol. The fourth-order valence-electron chi connectivity index (χ4n) is 4.21. The Labute approximate surface area is 166 Å². The first-order valence-corrected chi connectivity index (χ1v) is 10.5. The van der Waals surface area contributed by atoms with Gasteiger partial charge in [0.2, 0.25) is 0 Å². The van der Waals surface area contributed by atoms with Crippen LogP contribution in [0.1, 0.15) is 26.2 Å². The van der Waals surface area contributed by atoms with Crippen molar-refractivity contribution in [3.05, 3.63) is 18.2 Å². The van der Waals surface area contributed by atoms with Gasteiger partial charge >= 0.3 is 12.3 Å². The lowest BCUT2D eigenvalue weighted by Gasteiger charge is -2.37. The molecule has 3 heterocycles. The number of ether oxygens (including phenoxy) is 3. The highest BCUT2D eigenvalue weighted by atomic mass is 16.7. The summed E-state index contributed by atoms with van der Waals surface area (Å²) in [7, 11) is 0. The maximum atomic E-state index is 11.8. The van der Waals surface area contributed by atoms with Crippen LogP contribution in [0.2, 0.25) is 0 Å². The van der Waals surface area contributed by atoms with Gasteiger partial charge in [-0.15, -0.1) is 0 Å². The summed E-state index contributed by atoms with van der Waals surface area (Å²) in [6.07, 6.45) is 2.98. The van der Waals surface area contributed by atoms with Crippen LogP contribution in [0.4, 0.5) is 5.69 Å². The van der Waals surface area contributed by atoms with E-state index in [4.69, 9.17) is 14.2 Å². The molecule has 0 saturated carbocycles. The SMILES string of the molecule is CCOC(=O)C1Oc2ccc(N3CCN(CCC4CCNCC4)CC3)cc2O1. The van der Waals surface area contributed by atoms with Crippen molar-refractivity contribution in [3.8, 4) is 11.5 Å². The molecule has 0 amide bonds. The molecule has 1 aromatic carbocycles. The van der Waals surface area contributed by atoms with E-state index in [1.165, 1.54) is 38.9 Å². The smallest absolute Gasteiger partial charge is 0.389 e. The molecule has 0 radical (unpaired) electrons. The van der Waals surface area contributed by atoms with Crippen LogP contribution in [0, 0.1) is 5.92 Å². The number of nitrogens with one attached hydrogen (secondary N) is 1. The summed E-state index contributed by atoms with van der Waals surface area (Å²) < 4.78 is 16.2. The molecule has 0 spiro atoms. The highest BCUT2D eigenvalue weighted by Crippen LogP contribution is 2.38. The maximum Gasteiger partial charge on any atom is 0.389 e. The average molecular weight is 389 g/mol. The number of rotatable bonds is 6. The third-order valence-corrected chi connectivity index (χ3v) is 5.92. The number of piperazine rings is 1. The highest BCUT2D eigenvalue weighted by molar-refractivity contribution is 5.75. The monoisotopic (exact) mass is 389 g/mol. The van der Waals surface area contributed by atoms with E-state index in [9.17, 15) is 4.79 Å². The number of fused-ring (bicyclic) bond motifs is 1. The van der Waals surface area contributed by atoms with Gasteiger partial charge in [-0.3, -0.25) is 4.90 Å². The Balaban J connectivity index is 1.26. The number of hydrogen-bond acceptors (Lipinski definition) is 7. The first-order valence-electron chi connectivity index (χ1n) is 10.5. The molecule has 2 fully saturated rings. The number of nitrogens with zero attached hydrogens (tertiary/aromatic N) is 2. The second-order valence-corrected chi connectivity index (χ2v) is 7.76. The summed E-state index contributed by atoms with van der Waals surface area (Å²) in [5.74, 6) is 1.62. The van der Waals surface area contributed by atoms with Crippen molar-refractivity contribution in [1.82, 2.24) is 10.2 Å². The number of piperidine rings is 1. The van der Waals surface area contributed by atoms with Crippen LogP contribution < -0.4 is 19.7 Å². The van der Waals surface area contributed by atoms with E-state index in [0.717, 1.165) is 37.8 Å². The van der Waals surface area contributed by atoms with Gasteiger partial charge in [0, 0.05) is 37.9 Å². The molecule has 7 heteroatoms. The summed E-state index contributed by atoms with van der Waals surface area (Å²) in [5.41, 5.74) is 1.12. The van der Waals surface area contributed by atoms with Crippen molar-refractivity contribution in [2.45, 2.75) is 32.5 Å². The molecule has 1 N–H and O–H groups in total. The normalized spacial score (nSPS) is 23.0. The fraction of sp³-hybridized carbons (Fsp3) is 0.667. The van der Waals surface area contributed by atoms with Crippen molar-refractivity contribution in [2.75, 3.05) is 57.3 Å². The van der Waals surface area contributed by atoms with Gasteiger partial charge in [-0.2, -0.15) is 0 Å². The minimum atomic E-state index is -0.989. The number of esters is 1. The zero-order chi connectivity index (χ0) is 19.3. The lowest BCUT2D eigenvalue weighted by atomic mass is 9.94. The van der Waals surface area contributed by atoms with E-state index < -0.39 is 12.3 Å². The van der Waals surface area contributed by atoms with Crippen molar-refractivity contribution >= 4 is 11.7 Å². The van der Waals surface area contributed by atoms with Crippen molar-refractivity contribution in [2.24, 2.45) is 5.92 Å². The standard InChI is InChI=1S/C21H31N3O4/c1-2-26-20(25)21-27-18-4-3-17(15-19(18)28-21)24-13-11-23(12-14-24)10-7-16-5-8-22-9-6-16/h3-4,15-16,21-22H,2,5-14H2,1H3.